The first-order valence-electron chi connectivity index (χ1n) is 28.7. The Morgan fingerprint density at radius 3 is 0.927 bits per heavy atom. The van der Waals surface area contributed by atoms with Crippen LogP contribution in [0.1, 0.15) is 55.6 Å². The average Bonchev–Trinajstić information content (AvgIpc) is 3.09. The first-order valence-corrected chi connectivity index (χ1v) is 28.7. The second-order valence-electron chi connectivity index (χ2n) is 22.4. The van der Waals surface area contributed by atoms with Crippen LogP contribution < -0.4 is 9.80 Å². The lowest BCUT2D eigenvalue weighted by Gasteiger charge is -2.35. The van der Waals surface area contributed by atoms with Crippen molar-refractivity contribution >= 4 is 66.4 Å². The number of aryl methyl sites for hydroxylation is 2. The van der Waals surface area contributed by atoms with E-state index in [2.05, 4.69) is 327 Å². The van der Waals surface area contributed by atoms with Gasteiger partial charge in [0.25, 0.3) is 0 Å². The maximum absolute atomic E-state index is 2.49. The van der Waals surface area contributed by atoms with Gasteiger partial charge in [0.15, 0.2) is 0 Å². The molecule has 0 aromatic heterocycles. The first kappa shape index (κ1) is 47.7. The van der Waals surface area contributed by atoms with E-state index in [9.17, 15) is 0 Å². The Morgan fingerprint density at radius 1 is 0.244 bits per heavy atom. The number of hydrogen-bond donors (Lipinski definition) is 0. The van der Waals surface area contributed by atoms with Crippen LogP contribution in [0.4, 0.5) is 34.1 Å². The van der Waals surface area contributed by atoms with Crippen molar-refractivity contribution in [3.8, 4) is 22.3 Å². The molecular weight excluding hydrogens is 989 g/mol. The van der Waals surface area contributed by atoms with Gasteiger partial charge in [-0.05, 0) is 163 Å². The number of fused-ring (bicyclic) bond motifs is 6. The summed E-state index contributed by atoms with van der Waals surface area (Å²) in [5.74, 6) is 0. The molecule has 386 valence electrons. The van der Waals surface area contributed by atoms with Crippen LogP contribution in [0.15, 0.2) is 303 Å². The highest BCUT2D eigenvalue weighted by Gasteiger charge is 2.47. The summed E-state index contributed by atoms with van der Waals surface area (Å²) >= 11 is 0. The highest BCUT2D eigenvalue weighted by molar-refractivity contribution is 6.28. The second kappa shape index (κ2) is 18.7. The molecule has 0 aliphatic heterocycles. The van der Waals surface area contributed by atoms with Gasteiger partial charge in [-0.3, -0.25) is 0 Å². The zero-order valence-electron chi connectivity index (χ0n) is 45.8. The Balaban J connectivity index is 0.906. The van der Waals surface area contributed by atoms with Gasteiger partial charge in [0, 0.05) is 33.5 Å². The molecule has 0 spiro atoms. The van der Waals surface area contributed by atoms with Crippen molar-refractivity contribution in [1.82, 2.24) is 0 Å². The predicted molar refractivity (Wildman–Crippen MR) is 344 cm³/mol. The topological polar surface area (TPSA) is 6.48 Å². The smallest absolute Gasteiger partial charge is 0.0714 e. The summed E-state index contributed by atoms with van der Waals surface area (Å²) in [4.78, 5) is 4.99. The summed E-state index contributed by atoms with van der Waals surface area (Å²) in [6.07, 6.45) is 0. The summed E-state index contributed by atoms with van der Waals surface area (Å²) in [6.45, 7) is 4.34. The van der Waals surface area contributed by atoms with E-state index < -0.39 is 10.8 Å². The van der Waals surface area contributed by atoms with Crippen molar-refractivity contribution in [3.63, 3.8) is 0 Å². The molecule has 0 N–H and O–H groups in total. The molecule has 0 saturated carbocycles. The quantitative estimate of drug-likeness (QED) is 0.126. The van der Waals surface area contributed by atoms with Crippen LogP contribution >= 0.6 is 0 Å². The van der Waals surface area contributed by atoms with Crippen molar-refractivity contribution in [2.45, 2.75) is 24.7 Å². The van der Waals surface area contributed by atoms with Crippen LogP contribution in [0.2, 0.25) is 0 Å². The van der Waals surface area contributed by atoms with Crippen molar-refractivity contribution in [2.24, 2.45) is 0 Å². The maximum Gasteiger partial charge on any atom is 0.0714 e. The molecular formula is C80H56N2. The van der Waals surface area contributed by atoms with E-state index in [1.54, 1.807) is 0 Å². The fraction of sp³-hybridized carbons (Fsp3) is 0.0500. The van der Waals surface area contributed by atoms with E-state index in [0.717, 1.165) is 34.1 Å². The summed E-state index contributed by atoms with van der Waals surface area (Å²) in [7, 11) is 0. The summed E-state index contributed by atoms with van der Waals surface area (Å²) < 4.78 is 0. The molecule has 0 amide bonds. The minimum Gasteiger partial charge on any atom is -0.310 e. The molecule has 0 fully saturated rings. The highest BCUT2D eigenvalue weighted by atomic mass is 15.2. The molecule has 82 heavy (non-hydrogen) atoms. The van der Waals surface area contributed by atoms with E-state index in [1.165, 1.54) is 110 Å². The Bertz CT molecular complexity index is 4370. The van der Waals surface area contributed by atoms with Gasteiger partial charge in [0.2, 0.25) is 0 Å². The summed E-state index contributed by atoms with van der Waals surface area (Å²) in [5, 5.41) is 7.31. The van der Waals surface area contributed by atoms with Crippen molar-refractivity contribution in [3.05, 3.63) is 359 Å². The van der Waals surface area contributed by atoms with Crippen molar-refractivity contribution in [1.29, 1.82) is 0 Å². The van der Waals surface area contributed by atoms with Gasteiger partial charge < -0.3 is 9.80 Å². The Labute approximate surface area is 479 Å². The molecule has 0 unspecified atom stereocenters. The largest absolute Gasteiger partial charge is 0.310 e. The molecule has 2 nitrogen and oxygen atoms in total. The third-order valence-corrected chi connectivity index (χ3v) is 18.1. The standard InChI is InChI=1S/C80H56N2/c1-53-35-43-61(44-36-53)81(63-25-17-23-59(51-63)79(57-19-5-3-6-20-57)71-31-13-9-27-65(71)66-28-10-14-32-72(66)79)75-49-41-55-40-48-70-76(50-42-56-39-47-69(75)77(55)78(56)70)82(62-45-37-54(2)38-46-62)64-26-18-24-60(52-64)80(58-21-7-4-8-22-58)73-33-15-11-29-67(73)68-30-12-16-34-74(68)80/h3-52H,1-2H3. The number of anilines is 6. The fourth-order valence-corrected chi connectivity index (χ4v) is 14.6. The van der Waals surface area contributed by atoms with Crippen LogP contribution in [0.3, 0.4) is 0 Å². The van der Waals surface area contributed by atoms with Gasteiger partial charge in [-0.15, -0.1) is 0 Å². The lowest BCUT2D eigenvalue weighted by atomic mass is 9.67. The first-order chi connectivity index (χ1) is 40.5. The monoisotopic (exact) mass is 1040 g/mol. The highest BCUT2D eigenvalue weighted by Crippen LogP contribution is 2.59. The summed E-state index contributed by atoms with van der Waals surface area (Å²) in [6, 6.07) is 114. The van der Waals surface area contributed by atoms with E-state index in [-0.39, 0.29) is 0 Å². The Kier molecular flexibility index (Phi) is 10.9. The second-order valence-corrected chi connectivity index (χ2v) is 22.4. The molecule has 0 bridgehead atoms. The number of hydrogen-bond acceptors (Lipinski definition) is 2. The Hall–Kier alpha value is -10.3. The number of rotatable bonds is 10. The van der Waals surface area contributed by atoms with Crippen LogP contribution in [0.25, 0.3) is 54.6 Å². The zero-order chi connectivity index (χ0) is 54.5. The number of nitrogens with zero attached hydrogens (tertiary/aromatic N) is 2. The minimum absolute atomic E-state index is 0.542. The lowest BCUT2D eigenvalue weighted by molar-refractivity contribution is 0.768. The van der Waals surface area contributed by atoms with Gasteiger partial charge in [-0.25, -0.2) is 0 Å². The van der Waals surface area contributed by atoms with Crippen LogP contribution in [0, 0.1) is 13.8 Å². The third-order valence-electron chi connectivity index (χ3n) is 18.1. The van der Waals surface area contributed by atoms with Gasteiger partial charge in [0.1, 0.15) is 0 Å². The Morgan fingerprint density at radius 2 is 0.561 bits per heavy atom. The SMILES string of the molecule is Cc1ccc(N(c2cccc(C3(c4ccccc4)c4ccccc4-c4ccccc43)c2)c2ccc3ccc4c(N(c5ccc(C)cc5)c5cccc(C6(c7ccccc7)c7ccccc7-c7ccccc76)c5)ccc5ccc2c3c54)cc1. The summed E-state index contributed by atoms with van der Waals surface area (Å²) in [5.41, 5.74) is 23.3. The van der Waals surface area contributed by atoms with E-state index in [0.29, 0.717) is 0 Å². The van der Waals surface area contributed by atoms with E-state index in [4.69, 9.17) is 0 Å². The van der Waals surface area contributed by atoms with Crippen LogP contribution in [-0.2, 0) is 10.8 Å². The minimum atomic E-state index is -0.542. The van der Waals surface area contributed by atoms with Gasteiger partial charge in [0.05, 0.1) is 22.2 Å². The third kappa shape index (κ3) is 6.95. The molecule has 2 aliphatic rings. The molecule has 0 heterocycles. The van der Waals surface area contributed by atoms with Gasteiger partial charge in [-0.1, -0.05) is 254 Å². The molecule has 0 radical (unpaired) electrons. The molecule has 16 rings (SSSR count). The molecule has 2 aliphatic carbocycles. The predicted octanol–water partition coefficient (Wildman–Crippen LogP) is 20.9. The van der Waals surface area contributed by atoms with Crippen molar-refractivity contribution in [2.75, 3.05) is 9.80 Å². The maximum atomic E-state index is 2.49. The van der Waals surface area contributed by atoms with Gasteiger partial charge >= 0.3 is 0 Å². The number of benzene rings is 14. The molecule has 0 saturated heterocycles. The van der Waals surface area contributed by atoms with Crippen molar-refractivity contribution < 1.29 is 0 Å². The zero-order valence-corrected chi connectivity index (χ0v) is 45.8. The van der Waals surface area contributed by atoms with Gasteiger partial charge in [-0.2, -0.15) is 0 Å². The van der Waals surface area contributed by atoms with E-state index >= 15 is 0 Å². The van der Waals surface area contributed by atoms with E-state index in [1.807, 2.05) is 0 Å². The molecule has 14 aromatic rings. The lowest BCUT2D eigenvalue weighted by Crippen LogP contribution is -2.28. The molecule has 2 heteroatoms. The van der Waals surface area contributed by atoms with Crippen LogP contribution in [0.5, 0.6) is 0 Å². The normalized spacial score (nSPS) is 13.4. The molecule has 14 aromatic carbocycles. The molecule has 0 atom stereocenters. The van der Waals surface area contributed by atoms with Crippen LogP contribution in [-0.4, -0.2) is 0 Å². The fourth-order valence-electron chi connectivity index (χ4n) is 14.6. The average molecular weight is 1050 g/mol.